The topological polar surface area (TPSA) is 72.1 Å². The number of aromatic nitrogens is 3. The molecule has 1 atom stereocenters. The van der Waals surface area contributed by atoms with Gasteiger partial charge in [0.2, 0.25) is 0 Å². The number of anilines is 1. The summed E-state index contributed by atoms with van der Waals surface area (Å²) in [6.07, 6.45) is 7.27. The van der Waals surface area contributed by atoms with Crippen LogP contribution in [0.5, 0.6) is 0 Å². The first-order valence-corrected chi connectivity index (χ1v) is 10.7. The Balaban J connectivity index is 1.64. The van der Waals surface area contributed by atoms with Crippen LogP contribution in [0.15, 0.2) is 41.3 Å². The average molecular weight is 393 g/mol. The van der Waals surface area contributed by atoms with Gasteiger partial charge in [-0.2, -0.15) is 0 Å². The van der Waals surface area contributed by atoms with E-state index in [1.165, 1.54) is 11.3 Å². The largest absolute Gasteiger partial charge is 0.393 e. The molecule has 0 bridgehead atoms. The van der Waals surface area contributed by atoms with Crippen LogP contribution in [0.1, 0.15) is 56.5 Å². The van der Waals surface area contributed by atoms with E-state index in [4.69, 9.17) is 4.98 Å². The molecule has 3 aromatic rings. The molecule has 0 unspecified atom stereocenters. The van der Waals surface area contributed by atoms with Crippen molar-refractivity contribution in [3.63, 3.8) is 0 Å². The number of aliphatic hydroxyl groups excluding tert-OH is 1. The SMILES string of the molecule is C[C@H]1CCc2c(ccc3c2nc(Cn2ccccc2=O)n3C2CCC(O)CC2)N1. The van der Waals surface area contributed by atoms with Crippen LogP contribution in [-0.2, 0) is 13.0 Å². The molecule has 1 fully saturated rings. The molecule has 29 heavy (non-hydrogen) atoms. The fourth-order valence-electron chi connectivity index (χ4n) is 4.93. The standard InChI is InChI=1S/C23H28N4O2/c1-15-5-10-18-19(24-15)11-12-20-23(18)25-21(14-26-13-3-2-4-22(26)29)27(20)16-6-8-17(28)9-7-16/h2-4,11-13,15-17,24,28H,5-10,14H2,1H3/t15-,16?,17?/m0/s1. The molecule has 0 radical (unpaired) electrons. The normalized spacial score (nSPS) is 24.3. The summed E-state index contributed by atoms with van der Waals surface area (Å²) >= 11 is 0. The van der Waals surface area contributed by atoms with Crippen molar-refractivity contribution in [1.82, 2.24) is 14.1 Å². The molecule has 1 saturated carbocycles. The molecule has 1 aliphatic carbocycles. The van der Waals surface area contributed by atoms with Gasteiger partial charge in [-0.1, -0.05) is 6.07 Å². The van der Waals surface area contributed by atoms with Crippen LogP contribution in [0.4, 0.5) is 5.69 Å². The first-order chi connectivity index (χ1) is 14.1. The molecule has 2 aliphatic rings. The van der Waals surface area contributed by atoms with Crippen LogP contribution < -0.4 is 10.9 Å². The molecule has 6 heteroatoms. The molecule has 0 saturated heterocycles. The van der Waals surface area contributed by atoms with E-state index in [1.807, 2.05) is 12.3 Å². The van der Waals surface area contributed by atoms with Crippen molar-refractivity contribution in [3.05, 3.63) is 58.3 Å². The number of aryl methyl sites for hydroxylation is 1. The minimum absolute atomic E-state index is 0.0114. The summed E-state index contributed by atoms with van der Waals surface area (Å²) in [6.45, 7) is 2.68. The lowest BCUT2D eigenvalue weighted by Crippen LogP contribution is -2.25. The highest BCUT2D eigenvalue weighted by molar-refractivity contribution is 5.86. The van der Waals surface area contributed by atoms with E-state index in [2.05, 4.69) is 28.9 Å². The van der Waals surface area contributed by atoms with Gasteiger partial charge in [0.05, 0.1) is 23.7 Å². The van der Waals surface area contributed by atoms with E-state index in [1.54, 1.807) is 16.7 Å². The van der Waals surface area contributed by atoms with Gasteiger partial charge in [0.1, 0.15) is 5.82 Å². The zero-order valence-corrected chi connectivity index (χ0v) is 16.8. The summed E-state index contributed by atoms with van der Waals surface area (Å²) in [5, 5.41) is 13.6. The highest BCUT2D eigenvalue weighted by Gasteiger charge is 2.27. The lowest BCUT2D eigenvalue weighted by molar-refractivity contribution is 0.111. The summed E-state index contributed by atoms with van der Waals surface area (Å²) in [5.74, 6) is 0.932. The maximum absolute atomic E-state index is 12.3. The van der Waals surface area contributed by atoms with Gasteiger partial charge in [0.25, 0.3) is 5.56 Å². The van der Waals surface area contributed by atoms with Gasteiger partial charge in [0.15, 0.2) is 0 Å². The van der Waals surface area contributed by atoms with Crippen LogP contribution in [-0.4, -0.2) is 31.4 Å². The van der Waals surface area contributed by atoms with Crippen molar-refractivity contribution >= 4 is 16.7 Å². The summed E-state index contributed by atoms with van der Waals surface area (Å²) in [7, 11) is 0. The van der Waals surface area contributed by atoms with E-state index in [-0.39, 0.29) is 11.7 Å². The summed E-state index contributed by atoms with van der Waals surface area (Å²) < 4.78 is 4.07. The molecule has 2 aromatic heterocycles. The number of pyridine rings is 1. The number of benzene rings is 1. The van der Waals surface area contributed by atoms with Crippen LogP contribution >= 0.6 is 0 Å². The Morgan fingerprint density at radius 2 is 1.97 bits per heavy atom. The molecule has 152 valence electrons. The summed E-state index contributed by atoms with van der Waals surface area (Å²) in [5.41, 5.74) is 4.68. The van der Waals surface area contributed by atoms with Crippen molar-refractivity contribution in [1.29, 1.82) is 0 Å². The van der Waals surface area contributed by atoms with E-state index in [9.17, 15) is 9.90 Å². The maximum atomic E-state index is 12.3. The summed E-state index contributed by atoms with van der Waals surface area (Å²) in [6, 6.07) is 10.4. The number of nitrogens with zero attached hydrogens (tertiary/aromatic N) is 3. The Labute approximate surface area is 170 Å². The van der Waals surface area contributed by atoms with E-state index in [0.717, 1.165) is 55.4 Å². The van der Waals surface area contributed by atoms with Crippen LogP contribution in [0.25, 0.3) is 11.0 Å². The van der Waals surface area contributed by atoms with Crippen LogP contribution in [0.2, 0.25) is 0 Å². The van der Waals surface area contributed by atoms with Crippen molar-refractivity contribution in [2.75, 3.05) is 5.32 Å². The second-order valence-corrected chi connectivity index (χ2v) is 8.57. The lowest BCUT2D eigenvalue weighted by atomic mass is 9.92. The Hall–Kier alpha value is -2.60. The molecule has 2 N–H and O–H groups in total. The van der Waals surface area contributed by atoms with Gasteiger partial charge >= 0.3 is 0 Å². The quantitative estimate of drug-likeness (QED) is 0.716. The Bertz CT molecular complexity index is 1090. The minimum Gasteiger partial charge on any atom is -0.393 e. The predicted molar refractivity (Wildman–Crippen MR) is 114 cm³/mol. The first-order valence-electron chi connectivity index (χ1n) is 10.7. The molecule has 5 rings (SSSR count). The van der Waals surface area contributed by atoms with Crippen molar-refractivity contribution in [2.45, 2.75) is 70.2 Å². The number of hydrogen-bond donors (Lipinski definition) is 2. The maximum Gasteiger partial charge on any atom is 0.250 e. The number of hydrogen-bond acceptors (Lipinski definition) is 4. The van der Waals surface area contributed by atoms with Gasteiger partial charge < -0.3 is 19.6 Å². The van der Waals surface area contributed by atoms with Gasteiger partial charge in [-0.3, -0.25) is 4.79 Å². The molecular formula is C23H28N4O2. The smallest absolute Gasteiger partial charge is 0.250 e. The number of fused-ring (bicyclic) bond motifs is 3. The van der Waals surface area contributed by atoms with Crippen molar-refractivity contribution in [2.24, 2.45) is 0 Å². The summed E-state index contributed by atoms with van der Waals surface area (Å²) in [4.78, 5) is 17.4. The second kappa shape index (κ2) is 7.34. The zero-order chi connectivity index (χ0) is 20.0. The molecular weight excluding hydrogens is 364 g/mol. The van der Waals surface area contributed by atoms with Crippen LogP contribution in [0, 0.1) is 0 Å². The average Bonchev–Trinajstić information content (AvgIpc) is 3.08. The van der Waals surface area contributed by atoms with Gasteiger partial charge in [0, 0.05) is 35.6 Å². The number of nitrogens with one attached hydrogen (secondary N) is 1. The second-order valence-electron chi connectivity index (χ2n) is 8.57. The molecule has 0 spiro atoms. The molecule has 1 aliphatic heterocycles. The van der Waals surface area contributed by atoms with Gasteiger partial charge in [-0.05, 0) is 63.6 Å². The monoisotopic (exact) mass is 392 g/mol. The van der Waals surface area contributed by atoms with Gasteiger partial charge in [-0.25, -0.2) is 4.98 Å². The minimum atomic E-state index is -0.195. The van der Waals surface area contributed by atoms with Gasteiger partial charge in [-0.15, -0.1) is 0 Å². The molecule has 0 amide bonds. The number of aliphatic hydroxyl groups is 1. The zero-order valence-electron chi connectivity index (χ0n) is 16.8. The third kappa shape index (κ3) is 3.35. The number of imidazole rings is 1. The third-order valence-electron chi connectivity index (χ3n) is 6.51. The van der Waals surface area contributed by atoms with Crippen molar-refractivity contribution < 1.29 is 5.11 Å². The highest BCUT2D eigenvalue weighted by atomic mass is 16.3. The first kappa shape index (κ1) is 18.4. The highest BCUT2D eigenvalue weighted by Crippen LogP contribution is 2.37. The van der Waals surface area contributed by atoms with Crippen LogP contribution in [0.3, 0.4) is 0 Å². The third-order valence-corrected chi connectivity index (χ3v) is 6.51. The predicted octanol–water partition coefficient (Wildman–Crippen LogP) is 3.47. The Morgan fingerprint density at radius 3 is 2.76 bits per heavy atom. The van der Waals surface area contributed by atoms with E-state index >= 15 is 0 Å². The molecule has 1 aromatic carbocycles. The Kier molecular flexibility index (Phi) is 4.66. The lowest BCUT2D eigenvalue weighted by Gasteiger charge is -2.29. The fraction of sp³-hybridized carbons (Fsp3) is 0.478. The fourth-order valence-corrected chi connectivity index (χ4v) is 4.93. The van der Waals surface area contributed by atoms with Crippen molar-refractivity contribution in [3.8, 4) is 0 Å². The molecule has 6 nitrogen and oxygen atoms in total. The van der Waals surface area contributed by atoms with E-state index < -0.39 is 0 Å². The Morgan fingerprint density at radius 1 is 1.14 bits per heavy atom. The molecule has 3 heterocycles. The van der Waals surface area contributed by atoms with E-state index in [0.29, 0.717) is 18.6 Å². The number of rotatable bonds is 3.